The van der Waals surface area contributed by atoms with Crippen LogP contribution < -0.4 is 11.1 Å². The molecule has 4 nitrogen and oxygen atoms in total. The lowest BCUT2D eigenvalue weighted by molar-refractivity contribution is -0.125. The van der Waals surface area contributed by atoms with Crippen molar-refractivity contribution < 1.29 is 9.21 Å². The summed E-state index contributed by atoms with van der Waals surface area (Å²) in [5.74, 6) is 0.369. The fraction of sp³-hybridized carbons (Fsp3) is 0.286. The van der Waals surface area contributed by atoms with Crippen molar-refractivity contribution in [3.8, 4) is 0 Å². The Kier molecular flexibility index (Phi) is 4.91. The number of hydrogen-bond donors (Lipinski definition) is 2. The second-order valence-electron chi connectivity index (χ2n) is 6.54. The van der Waals surface area contributed by atoms with Gasteiger partial charge in [0.05, 0.1) is 12.0 Å². The smallest absolute Gasteiger partial charge is 0.225 e. The van der Waals surface area contributed by atoms with Crippen molar-refractivity contribution >= 4 is 16.9 Å². The summed E-state index contributed by atoms with van der Waals surface area (Å²) in [5, 5.41) is 4.11. The van der Waals surface area contributed by atoms with Crippen LogP contribution in [0.3, 0.4) is 0 Å². The molecule has 0 bridgehead atoms. The minimum atomic E-state index is -0.342. The van der Waals surface area contributed by atoms with Gasteiger partial charge in [0.15, 0.2) is 0 Å². The van der Waals surface area contributed by atoms with Crippen LogP contribution in [0.4, 0.5) is 0 Å². The zero-order valence-corrected chi connectivity index (χ0v) is 14.8. The third kappa shape index (κ3) is 3.44. The highest BCUT2D eigenvalue weighted by molar-refractivity contribution is 5.83. The van der Waals surface area contributed by atoms with Crippen molar-refractivity contribution in [2.24, 2.45) is 11.7 Å². The second kappa shape index (κ2) is 7.11. The van der Waals surface area contributed by atoms with Crippen molar-refractivity contribution in [2.75, 3.05) is 0 Å². The van der Waals surface area contributed by atoms with Gasteiger partial charge in [-0.15, -0.1) is 0 Å². The molecule has 2 aromatic carbocycles. The Morgan fingerprint density at radius 1 is 1.04 bits per heavy atom. The van der Waals surface area contributed by atoms with Gasteiger partial charge in [-0.05, 0) is 25.5 Å². The second-order valence-corrected chi connectivity index (χ2v) is 6.54. The van der Waals surface area contributed by atoms with Crippen LogP contribution in [0.2, 0.25) is 0 Å². The minimum Gasteiger partial charge on any atom is -0.459 e. The van der Waals surface area contributed by atoms with Crippen LogP contribution in [-0.4, -0.2) is 5.91 Å². The fourth-order valence-corrected chi connectivity index (χ4v) is 3.14. The van der Waals surface area contributed by atoms with E-state index in [0.717, 1.165) is 27.9 Å². The third-order valence-electron chi connectivity index (χ3n) is 4.77. The SMILES string of the molecule is Cc1c(C(C)NC(=O)C(C)C(N)c2ccccc2)oc2ccccc12. The molecule has 1 amide bonds. The average Bonchev–Trinajstić information content (AvgIpc) is 2.98. The predicted molar refractivity (Wildman–Crippen MR) is 100 cm³/mol. The molecule has 3 rings (SSSR count). The molecule has 0 saturated carbocycles. The molecule has 130 valence electrons. The predicted octanol–water partition coefficient (Wildman–Crippen LogP) is 4.25. The molecular weight excluding hydrogens is 312 g/mol. The van der Waals surface area contributed by atoms with E-state index in [1.165, 1.54) is 0 Å². The van der Waals surface area contributed by atoms with E-state index < -0.39 is 0 Å². The van der Waals surface area contributed by atoms with Gasteiger partial charge in [0, 0.05) is 17.0 Å². The average molecular weight is 336 g/mol. The third-order valence-corrected chi connectivity index (χ3v) is 4.77. The van der Waals surface area contributed by atoms with Gasteiger partial charge in [0.1, 0.15) is 11.3 Å². The molecule has 3 aromatic rings. The Bertz CT molecular complexity index is 870. The van der Waals surface area contributed by atoms with Crippen molar-refractivity contribution in [3.05, 3.63) is 71.5 Å². The number of amides is 1. The molecule has 0 radical (unpaired) electrons. The molecule has 3 unspecified atom stereocenters. The number of carbonyl (C=O) groups is 1. The van der Waals surface area contributed by atoms with Crippen LogP contribution in [0.25, 0.3) is 11.0 Å². The van der Waals surface area contributed by atoms with Crippen molar-refractivity contribution in [3.63, 3.8) is 0 Å². The summed E-state index contributed by atoms with van der Waals surface area (Å²) in [7, 11) is 0. The van der Waals surface area contributed by atoms with E-state index in [0.29, 0.717) is 0 Å². The monoisotopic (exact) mass is 336 g/mol. The van der Waals surface area contributed by atoms with E-state index in [2.05, 4.69) is 5.32 Å². The number of aryl methyl sites for hydroxylation is 1. The number of nitrogens with two attached hydrogens (primary N) is 1. The topological polar surface area (TPSA) is 68.3 Å². The first kappa shape index (κ1) is 17.2. The fourth-order valence-electron chi connectivity index (χ4n) is 3.14. The largest absolute Gasteiger partial charge is 0.459 e. The zero-order valence-electron chi connectivity index (χ0n) is 14.8. The van der Waals surface area contributed by atoms with E-state index in [-0.39, 0.29) is 23.9 Å². The van der Waals surface area contributed by atoms with Crippen molar-refractivity contribution in [1.29, 1.82) is 0 Å². The van der Waals surface area contributed by atoms with E-state index in [4.69, 9.17) is 10.2 Å². The Morgan fingerprint density at radius 3 is 2.36 bits per heavy atom. The number of carbonyl (C=O) groups excluding carboxylic acids is 1. The van der Waals surface area contributed by atoms with Crippen LogP contribution in [0.5, 0.6) is 0 Å². The van der Waals surface area contributed by atoms with Crippen molar-refractivity contribution in [2.45, 2.75) is 32.9 Å². The molecular formula is C21H24N2O2. The molecule has 0 fully saturated rings. The Labute approximate surface area is 148 Å². The lowest BCUT2D eigenvalue weighted by atomic mass is 9.94. The summed E-state index contributed by atoms with van der Waals surface area (Å²) in [4.78, 5) is 12.6. The van der Waals surface area contributed by atoms with Crippen LogP contribution >= 0.6 is 0 Å². The molecule has 3 atom stereocenters. The molecule has 4 heteroatoms. The van der Waals surface area contributed by atoms with Crippen LogP contribution in [0.15, 0.2) is 59.0 Å². The van der Waals surface area contributed by atoms with Gasteiger partial charge >= 0.3 is 0 Å². The quantitative estimate of drug-likeness (QED) is 0.731. The Balaban J connectivity index is 1.74. The zero-order chi connectivity index (χ0) is 18.0. The number of benzene rings is 2. The molecule has 0 aliphatic heterocycles. The summed E-state index contributed by atoms with van der Waals surface area (Å²) < 4.78 is 5.94. The van der Waals surface area contributed by atoms with Crippen LogP contribution in [-0.2, 0) is 4.79 Å². The van der Waals surface area contributed by atoms with E-state index >= 15 is 0 Å². The van der Waals surface area contributed by atoms with Gasteiger partial charge < -0.3 is 15.5 Å². The molecule has 25 heavy (non-hydrogen) atoms. The maximum absolute atomic E-state index is 12.6. The number of rotatable bonds is 5. The number of furan rings is 1. The molecule has 1 heterocycles. The van der Waals surface area contributed by atoms with Crippen LogP contribution in [0.1, 0.15) is 42.8 Å². The lowest BCUT2D eigenvalue weighted by Crippen LogP contribution is -2.37. The number of para-hydroxylation sites is 1. The Morgan fingerprint density at radius 2 is 1.68 bits per heavy atom. The first-order chi connectivity index (χ1) is 12.0. The standard InChI is InChI=1S/C21H24N2O2/c1-13-17-11-7-8-12-18(17)25-20(13)15(3)23-21(24)14(2)19(22)16-9-5-4-6-10-16/h4-12,14-15,19H,22H2,1-3H3,(H,23,24). The highest BCUT2D eigenvalue weighted by atomic mass is 16.3. The molecule has 0 aliphatic rings. The van der Waals surface area contributed by atoms with E-state index in [9.17, 15) is 4.79 Å². The minimum absolute atomic E-state index is 0.0799. The highest BCUT2D eigenvalue weighted by Crippen LogP contribution is 2.29. The number of nitrogens with one attached hydrogen (secondary N) is 1. The number of fused-ring (bicyclic) bond motifs is 1. The summed E-state index contributed by atoms with van der Waals surface area (Å²) in [5.41, 5.74) is 9.11. The summed E-state index contributed by atoms with van der Waals surface area (Å²) in [6, 6.07) is 17.0. The molecule has 1 aromatic heterocycles. The maximum Gasteiger partial charge on any atom is 0.225 e. The van der Waals surface area contributed by atoms with Gasteiger partial charge in [0.25, 0.3) is 0 Å². The maximum atomic E-state index is 12.6. The van der Waals surface area contributed by atoms with E-state index in [1.54, 1.807) is 0 Å². The van der Waals surface area contributed by atoms with Gasteiger partial charge in [-0.25, -0.2) is 0 Å². The van der Waals surface area contributed by atoms with Gasteiger partial charge in [-0.1, -0.05) is 55.5 Å². The first-order valence-corrected chi connectivity index (χ1v) is 8.58. The van der Waals surface area contributed by atoms with Gasteiger partial charge in [0.2, 0.25) is 5.91 Å². The molecule has 0 spiro atoms. The molecule has 3 N–H and O–H groups in total. The molecule has 0 aliphatic carbocycles. The lowest BCUT2D eigenvalue weighted by Gasteiger charge is -2.22. The van der Waals surface area contributed by atoms with Gasteiger partial charge in [-0.2, -0.15) is 0 Å². The summed E-state index contributed by atoms with van der Waals surface area (Å²) >= 11 is 0. The number of hydrogen-bond acceptors (Lipinski definition) is 3. The first-order valence-electron chi connectivity index (χ1n) is 8.58. The summed E-state index contributed by atoms with van der Waals surface area (Å²) in [6.45, 7) is 5.80. The highest BCUT2D eigenvalue weighted by Gasteiger charge is 2.25. The van der Waals surface area contributed by atoms with Crippen LogP contribution in [0, 0.1) is 12.8 Å². The van der Waals surface area contributed by atoms with Gasteiger partial charge in [-0.3, -0.25) is 4.79 Å². The molecule has 0 saturated heterocycles. The van der Waals surface area contributed by atoms with E-state index in [1.807, 2.05) is 75.4 Å². The van der Waals surface area contributed by atoms with Crippen molar-refractivity contribution in [1.82, 2.24) is 5.32 Å². The normalized spacial score (nSPS) is 14.9. The Hall–Kier alpha value is -2.59. The summed E-state index contributed by atoms with van der Waals surface area (Å²) in [6.07, 6.45) is 0.